The smallest absolute Gasteiger partial charge is 0.0787 e. The second-order valence-corrected chi connectivity index (χ2v) is 11.5. The molecule has 2 heterocycles. The van der Waals surface area contributed by atoms with Crippen molar-refractivity contribution in [1.82, 2.24) is 9.97 Å². The third-order valence-corrected chi connectivity index (χ3v) is 8.49. The van der Waals surface area contributed by atoms with E-state index in [1.165, 1.54) is 55.3 Å². The summed E-state index contributed by atoms with van der Waals surface area (Å²) in [7, 11) is 0. The fraction of sp³-hybridized carbons (Fsp3) is 0.143. The molecule has 0 saturated carbocycles. The van der Waals surface area contributed by atoms with E-state index in [1.54, 1.807) is 0 Å². The number of nitrogens with zero attached hydrogens (tertiary/aromatic N) is 2. The maximum Gasteiger partial charge on any atom is 0.0787 e. The summed E-state index contributed by atoms with van der Waals surface area (Å²) in [5.74, 6) is 0. The van der Waals surface area contributed by atoms with Crippen LogP contribution in [0.4, 0.5) is 0 Å². The Balaban J connectivity index is 1.67. The first-order chi connectivity index (χ1) is 18.0. The van der Waals surface area contributed by atoms with E-state index in [0.717, 1.165) is 16.6 Å². The van der Waals surface area contributed by atoms with Crippen molar-refractivity contribution in [2.24, 2.45) is 0 Å². The average molecular weight is 475 g/mol. The van der Waals surface area contributed by atoms with Crippen molar-refractivity contribution < 1.29 is 0 Å². The highest BCUT2D eigenvalue weighted by molar-refractivity contribution is 6.07. The number of hydrogen-bond acceptors (Lipinski definition) is 2. The summed E-state index contributed by atoms with van der Waals surface area (Å²) >= 11 is 0. The third kappa shape index (κ3) is 2.55. The first kappa shape index (κ1) is 20.8. The molecule has 0 radical (unpaired) electrons. The molecule has 2 heteroatoms. The summed E-state index contributed by atoms with van der Waals surface area (Å²) in [6.07, 6.45) is 3.87. The summed E-state index contributed by atoms with van der Waals surface area (Å²) in [6.45, 7) is 6.92. The van der Waals surface area contributed by atoms with Crippen LogP contribution < -0.4 is 0 Å². The average Bonchev–Trinajstić information content (AvgIpc) is 3.21. The highest BCUT2D eigenvalue weighted by Crippen LogP contribution is 2.62. The number of aromatic nitrogens is 2. The van der Waals surface area contributed by atoms with Gasteiger partial charge in [0.25, 0.3) is 0 Å². The van der Waals surface area contributed by atoms with Crippen LogP contribution in [0, 0.1) is 0 Å². The highest BCUT2D eigenvalue weighted by atomic mass is 14.7. The minimum absolute atomic E-state index is 0.0121. The standard InChI is InChI=1S/C35H26N2/c1-34(2,3)23-17-22-14-16-37-33-26-18-21-9-8-15-36-31(21)20-29(26)35(30(19-23)32(22)33)27-12-6-4-10-24(27)25-11-5-7-13-28(25)35/h4-20H,1-3H3. The van der Waals surface area contributed by atoms with E-state index in [0.29, 0.717) is 0 Å². The molecular weight excluding hydrogens is 448 g/mol. The molecule has 176 valence electrons. The van der Waals surface area contributed by atoms with E-state index in [2.05, 4.69) is 106 Å². The van der Waals surface area contributed by atoms with Crippen LogP contribution >= 0.6 is 0 Å². The van der Waals surface area contributed by atoms with E-state index in [1.807, 2.05) is 18.5 Å². The fourth-order valence-electron chi connectivity index (χ4n) is 6.84. The lowest BCUT2D eigenvalue weighted by atomic mass is 9.61. The van der Waals surface area contributed by atoms with E-state index >= 15 is 0 Å². The van der Waals surface area contributed by atoms with Crippen molar-refractivity contribution in [1.29, 1.82) is 0 Å². The van der Waals surface area contributed by atoms with Gasteiger partial charge in [0.1, 0.15) is 0 Å². The fourth-order valence-corrected chi connectivity index (χ4v) is 6.84. The van der Waals surface area contributed by atoms with Crippen LogP contribution in [-0.4, -0.2) is 9.97 Å². The van der Waals surface area contributed by atoms with Gasteiger partial charge in [0, 0.05) is 28.7 Å². The molecule has 2 aromatic heterocycles. The summed E-state index contributed by atoms with van der Waals surface area (Å²) < 4.78 is 0. The zero-order valence-corrected chi connectivity index (χ0v) is 21.2. The monoisotopic (exact) mass is 474 g/mol. The maximum atomic E-state index is 5.02. The van der Waals surface area contributed by atoms with Gasteiger partial charge in [0.05, 0.1) is 16.6 Å². The van der Waals surface area contributed by atoms with Crippen LogP contribution in [0.25, 0.3) is 44.1 Å². The van der Waals surface area contributed by atoms with Crippen molar-refractivity contribution >= 4 is 21.7 Å². The van der Waals surface area contributed by atoms with Crippen molar-refractivity contribution in [2.45, 2.75) is 31.6 Å². The van der Waals surface area contributed by atoms with E-state index in [4.69, 9.17) is 9.97 Å². The lowest BCUT2D eigenvalue weighted by Crippen LogP contribution is -2.32. The van der Waals surface area contributed by atoms with E-state index in [9.17, 15) is 0 Å². The van der Waals surface area contributed by atoms with Crippen LogP contribution in [-0.2, 0) is 10.8 Å². The number of pyridine rings is 2. The summed E-state index contributed by atoms with van der Waals surface area (Å²) in [4.78, 5) is 9.82. The molecule has 0 fully saturated rings. The van der Waals surface area contributed by atoms with Crippen molar-refractivity contribution in [2.75, 3.05) is 0 Å². The Hall–Kier alpha value is -4.30. The number of fused-ring (bicyclic) bond motifs is 10. The van der Waals surface area contributed by atoms with Gasteiger partial charge >= 0.3 is 0 Å². The van der Waals surface area contributed by atoms with E-state index in [-0.39, 0.29) is 5.41 Å². The van der Waals surface area contributed by atoms with Gasteiger partial charge in [-0.05, 0) is 74.0 Å². The molecule has 0 aliphatic heterocycles. The predicted molar refractivity (Wildman–Crippen MR) is 152 cm³/mol. The van der Waals surface area contributed by atoms with Gasteiger partial charge in [0.15, 0.2) is 0 Å². The zero-order valence-electron chi connectivity index (χ0n) is 21.2. The molecule has 6 aromatic rings. The number of benzene rings is 4. The SMILES string of the molecule is CC(C)(C)c1cc2c3c(nccc3c1)-c1cc3cccnc3cc1C21c2ccccc2-c2ccccc21. The molecule has 37 heavy (non-hydrogen) atoms. The molecule has 1 spiro atoms. The van der Waals surface area contributed by atoms with Crippen LogP contribution in [0.15, 0.2) is 103 Å². The molecule has 4 aromatic carbocycles. The Morgan fingerprint density at radius 1 is 0.568 bits per heavy atom. The third-order valence-electron chi connectivity index (χ3n) is 8.49. The normalized spacial score (nSPS) is 14.6. The molecule has 0 unspecified atom stereocenters. The Morgan fingerprint density at radius 2 is 1.30 bits per heavy atom. The largest absolute Gasteiger partial charge is 0.256 e. The minimum atomic E-state index is -0.441. The van der Waals surface area contributed by atoms with Gasteiger partial charge in [-0.1, -0.05) is 87.5 Å². The lowest BCUT2D eigenvalue weighted by Gasteiger charge is -2.40. The maximum absolute atomic E-state index is 5.02. The first-order valence-electron chi connectivity index (χ1n) is 13.0. The second kappa shape index (κ2) is 6.92. The number of hydrogen-bond donors (Lipinski definition) is 0. The first-order valence-corrected chi connectivity index (χ1v) is 13.0. The number of rotatable bonds is 0. The quantitative estimate of drug-likeness (QED) is 0.220. The molecule has 2 aliphatic carbocycles. The Kier molecular flexibility index (Phi) is 3.90. The molecule has 0 N–H and O–H groups in total. The van der Waals surface area contributed by atoms with Gasteiger partial charge in [-0.3, -0.25) is 9.97 Å². The van der Waals surface area contributed by atoms with Gasteiger partial charge in [-0.25, -0.2) is 0 Å². The van der Waals surface area contributed by atoms with E-state index < -0.39 is 5.41 Å². The molecule has 0 amide bonds. The van der Waals surface area contributed by atoms with Crippen LogP contribution in [0.5, 0.6) is 0 Å². The molecule has 2 aliphatic rings. The Labute approximate surface area is 216 Å². The Bertz CT molecular complexity index is 1880. The molecular formula is C35H26N2. The molecule has 0 bridgehead atoms. The molecule has 8 rings (SSSR count). The van der Waals surface area contributed by atoms with Crippen LogP contribution in [0.3, 0.4) is 0 Å². The highest BCUT2D eigenvalue weighted by Gasteiger charge is 2.50. The van der Waals surface area contributed by atoms with Crippen molar-refractivity contribution in [3.8, 4) is 22.4 Å². The van der Waals surface area contributed by atoms with Crippen LogP contribution in [0.1, 0.15) is 48.6 Å². The lowest BCUT2D eigenvalue weighted by molar-refractivity contribution is 0.588. The molecule has 0 atom stereocenters. The summed E-state index contributed by atoms with van der Waals surface area (Å²) in [6, 6.07) is 33.8. The second-order valence-electron chi connectivity index (χ2n) is 11.5. The topological polar surface area (TPSA) is 25.8 Å². The van der Waals surface area contributed by atoms with Gasteiger partial charge in [-0.15, -0.1) is 0 Å². The zero-order chi connectivity index (χ0) is 24.9. The summed E-state index contributed by atoms with van der Waals surface area (Å²) in [5, 5.41) is 3.66. The summed E-state index contributed by atoms with van der Waals surface area (Å²) in [5.41, 5.74) is 12.1. The van der Waals surface area contributed by atoms with Crippen LogP contribution in [0.2, 0.25) is 0 Å². The molecule has 0 saturated heterocycles. The predicted octanol–water partition coefficient (Wildman–Crippen LogP) is 8.42. The van der Waals surface area contributed by atoms with Gasteiger partial charge < -0.3 is 0 Å². The minimum Gasteiger partial charge on any atom is -0.256 e. The van der Waals surface area contributed by atoms with Gasteiger partial charge in [-0.2, -0.15) is 0 Å². The van der Waals surface area contributed by atoms with Crippen molar-refractivity contribution in [3.05, 3.63) is 131 Å². The van der Waals surface area contributed by atoms with Crippen molar-refractivity contribution in [3.63, 3.8) is 0 Å². The molecule has 2 nitrogen and oxygen atoms in total. The Morgan fingerprint density at radius 3 is 2.03 bits per heavy atom. The van der Waals surface area contributed by atoms with Gasteiger partial charge in [0.2, 0.25) is 0 Å².